The van der Waals surface area contributed by atoms with Crippen LogP contribution >= 0.6 is 0 Å². The smallest absolute Gasteiger partial charge is 0.257 e. The molecular formula is C19H19FN2O2. The lowest BCUT2D eigenvalue weighted by Gasteiger charge is -2.39. The number of nitrogens with one attached hydrogen (secondary N) is 1. The van der Waals surface area contributed by atoms with Crippen LogP contribution in [-0.4, -0.2) is 30.1 Å². The number of fused-ring (bicyclic) bond motifs is 1. The number of carbonyl (C=O) groups is 1. The lowest BCUT2D eigenvalue weighted by atomic mass is 10.0. The van der Waals surface area contributed by atoms with E-state index in [2.05, 4.69) is 5.32 Å². The lowest BCUT2D eigenvalue weighted by molar-refractivity contribution is 0.0423. The van der Waals surface area contributed by atoms with Crippen LogP contribution < -0.4 is 5.32 Å². The number of benzene rings is 2. The molecule has 2 aliphatic heterocycles. The Morgan fingerprint density at radius 1 is 1.17 bits per heavy atom. The van der Waals surface area contributed by atoms with Gasteiger partial charge in [0.15, 0.2) is 0 Å². The number of amides is 1. The van der Waals surface area contributed by atoms with Crippen LogP contribution in [-0.2, 0) is 4.74 Å². The van der Waals surface area contributed by atoms with Crippen molar-refractivity contribution in [2.75, 3.05) is 18.5 Å². The maximum atomic E-state index is 14.4. The first-order valence-electron chi connectivity index (χ1n) is 8.26. The van der Waals surface area contributed by atoms with Crippen LogP contribution in [0.15, 0.2) is 48.5 Å². The number of anilines is 1. The topological polar surface area (TPSA) is 41.6 Å². The second kappa shape index (κ2) is 6.24. The van der Waals surface area contributed by atoms with E-state index in [0.29, 0.717) is 17.7 Å². The molecule has 0 saturated carbocycles. The van der Waals surface area contributed by atoms with Crippen LogP contribution in [0.25, 0.3) is 0 Å². The van der Waals surface area contributed by atoms with Crippen LogP contribution in [0.3, 0.4) is 0 Å². The van der Waals surface area contributed by atoms with Crippen LogP contribution in [0, 0.1) is 5.82 Å². The quantitative estimate of drug-likeness (QED) is 0.937. The predicted octanol–water partition coefficient (Wildman–Crippen LogP) is 3.57. The van der Waals surface area contributed by atoms with Crippen LogP contribution in [0.1, 0.15) is 34.9 Å². The van der Waals surface area contributed by atoms with Crippen molar-refractivity contribution < 1.29 is 13.9 Å². The van der Waals surface area contributed by atoms with E-state index in [0.717, 1.165) is 25.1 Å². The van der Waals surface area contributed by atoms with Crippen molar-refractivity contribution in [1.82, 2.24) is 4.90 Å². The molecule has 1 N–H and O–H groups in total. The normalized spacial score (nSPS) is 23.0. The average Bonchev–Trinajstić information content (AvgIpc) is 3.11. The van der Waals surface area contributed by atoms with E-state index in [1.807, 2.05) is 18.2 Å². The van der Waals surface area contributed by atoms with Gasteiger partial charge in [0.25, 0.3) is 5.91 Å². The maximum absolute atomic E-state index is 14.4. The molecule has 1 fully saturated rings. The van der Waals surface area contributed by atoms with Gasteiger partial charge in [0.2, 0.25) is 0 Å². The van der Waals surface area contributed by atoms with Crippen LogP contribution in [0.5, 0.6) is 0 Å². The van der Waals surface area contributed by atoms with Gasteiger partial charge in [0.05, 0.1) is 11.7 Å². The highest BCUT2D eigenvalue weighted by Crippen LogP contribution is 2.34. The Balaban J connectivity index is 1.73. The zero-order chi connectivity index (χ0) is 16.5. The minimum absolute atomic E-state index is 0.00952. The Hall–Kier alpha value is -2.40. The van der Waals surface area contributed by atoms with Gasteiger partial charge >= 0.3 is 0 Å². The molecule has 4 nitrogen and oxygen atoms in total. The van der Waals surface area contributed by atoms with Gasteiger partial charge in [-0.1, -0.05) is 30.3 Å². The number of ether oxygens (including phenoxy) is 1. The Morgan fingerprint density at radius 3 is 2.75 bits per heavy atom. The maximum Gasteiger partial charge on any atom is 0.257 e. The largest absolute Gasteiger partial charge is 0.376 e. The number of nitrogens with zero attached hydrogens (tertiary/aromatic N) is 1. The van der Waals surface area contributed by atoms with Crippen molar-refractivity contribution in [2.45, 2.75) is 25.1 Å². The molecule has 4 rings (SSSR count). The summed E-state index contributed by atoms with van der Waals surface area (Å²) >= 11 is 0. The zero-order valence-corrected chi connectivity index (χ0v) is 13.2. The van der Waals surface area contributed by atoms with Gasteiger partial charge in [-0.15, -0.1) is 0 Å². The minimum Gasteiger partial charge on any atom is -0.376 e. The number of para-hydroxylation sites is 1. The Kier molecular flexibility index (Phi) is 3.94. The van der Waals surface area contributed by atoms with Gasteiger partial charge in [-0.25, -0.2) is 4.39 Å². The molecule has 0 spiro atoms. The van der Waals surface area contributed by atoms with Crippen molar-refractivity contribution in [3.63, 3.8) is 0 Å². The molecule has 0 radical (unpaired) electrons. The first-order chi connectivity index (χ1) is 11.7. The van der Waals surface area contributed by atoms with Crippen molar-refractivity contribution in [1.29, 1.82) is 0 Å². The molecule has 2 heterocycles. The number of hydrogen-bond donors (Lipinski definition) is 1. The van der Waals surface area contributed by atoms with E-state index >= 15 is 0 Å². The fourth-order valence-corrected chi connectivity index (χ4v) is 3.43. The highest BCUT2D eigenvalue weighted by Gasteiger charge is 2.36. The summed E-state index contributed by atoms with van der Waals surface area (Å²) in [4.78, 5) is 14.7. The van der Waals surface area contributed by atoms with Crippen molar-refractivity contribution in [3.8, 4) is 0 Å². The summed E-state index contributed by atoms with van der Waals surface area (Å²) in [5, 5.41) is 3.32. The predicted molar refractivity (Wildman–Crippen MR) is 89.2 cm³/mol. The minimum atomic E-state index is -0.530. The van der Waals surface area contributed by atoms with E-state index in [4.69, 9.17) is 4.74 Å². The van der Waals surface area contributed by atoms with Gasteiger partial charge in [-0.2, -0.15) is 0 Å². The fourth-order valence-electron chi connectivity index (χ4n) is 3.43. The van der Waals surface area contributed by atoms with E-state index in [1.165, 1.54) is 6.07 Å². The second-order valence-corrected chi connectivity index (χ2v) is 6.21. The van der Waals surface area contributed by atoms with Gasteiger partial charge in [0, 0.05) is 24.4 Å². The molecule has 2 aromatic carbocycles. The second-order valence-electron chi connectivity index (χ2n) is 6.21. The third kappa shape index (κ3) is 2.65. The van der Waals surface area contributed by atoms with Crippen molar-refractivity contribution in [3.05, 3.63) is 65.5 Å². The first kappa shape index (κ1) is 15.1. The highest BCUT2D eigenvalue weighted by molar-refractivity contribution is 6.01. The Labute approximate surface area is 140 Å². The van der Waals surface area contributed by atoms with Gasteiger partial charge in [-0.3, -0.25) is 4.79 Å². The van der Waals surface area contributed by atoms with Gasteiger partial charge < -0.3 is 15.0 Å². The van der Waals surface area contributed by atoms with Crippen molar-refractivity contribution >= 4 is 11.6 Å². The molecule has 24 heavy (non-hydrogen) atoms. The van der Waals surface area contributed by atoms with Crippen molar-refractivity contribution in [2.24, 2.45) is 0 Å². The lowest BCUT2D eigenvalue weighted by Crippen LogP contribution is -2.46. The third-order valence-corrected chi connectivity index (χ3v) is 4.65. The van der Waals surface area contributed by atoms with Gasteiger partial charge in [-0.05, 0) is 31.0 Å². The molecule has 1 amide bonds. The molecule has 5 heteroatoms. The summed E-state index contributed by atoms with van der Waals surface area (Å²) in [5.41, 5.74) is 1.82. The van der Waals surface area contributed by atoms with E-state index in [1.54, 1.807) is 29.2 Å². The summed E-state index contributed by atoms with van der Waals surface area (Å²) in [5.74, 6) is -0.410. The molecule has 2 aliphatic rings. The SMILES string of the molecule is O=C1c2ccccc2N[C@@H](c2ccccc2F)N1C[C@@H]1CCCO1. The molecule has 124 valence electrons. The summed E-state index contributed by atoms with van der Waals surface area (Å²) in [6.07, 6.45) is 1.41. The van der Waals surface area contributed by atoms with Gasteiger partial charge in [0.1, 0.15) is 12.0 Å². The molecule has 0 bridgehead atoms. The van der Waals surface area contributed by atoms with E-state index < -0.39 is 6.17 Å². The monoisotopic (exact) mass is 326 g/mol. The summed E-state index contributed by atoms with van der Waals surface area (Å²) < 4.78 is 20.0. The molecule has 0 aromatic heterocycles. The summed E-state index contributed by atoms with van der Waals surface area (Å²) in [7, 11) is 0. The standard InChI is InChI=1S/C19H19FN2O2/c20-16-9-3-1-7-14(16)18-21-17-10-4-2-8-15(17)19(23)22(18)12-13-6-5-11-24-13/h1-4,7-10,13,18,21H,5-6,11-12H2/t13-,18+/m0/s1. The fraction of sp³-hybridized carbons (Fsp3) is 0.316. The highest BCUT2D eigenvalue weighted by atomic mass is 19.1. The molecule has 0 aliphatic carbocycles. The average molecular weight is 326 g/mol. The molecular weight excluding hydrogens is 307 g/mol. The van der Waals surface area contributed by atoms with E-state index in [9.17, 15) is 9.18 Å². The first-order valence-corrected chi connectivity index (χ1v) is 8.26. The molecule has 0 unspecified atom stereocenters. The number of hydrogen-bond acceptors (Lipinski definition) is 3. The number of carbonyl (C=O) groups excluding carboxylic acids is 1. The summed E-state index contributed by atoms with van der Waals surface area (Å²) in [6, 6.07) is 13.9. The van der Waals surface area contributed by atoms with Crippen LogP contribution in [0.4, 0.5) is 10.1 Å². The number of rotatable bonds is 3. The Bertz CT molecular complexity index is 759. The van der Waals surface area contributed by atoms with E-state index in [-0.39, 0.29) is 17.8 Å². The molecule has 1 saturated heterocycles. The molecule has 2 aromatic rings. The number of halogens is 1. The molecule has 2 atom stereocenters. The zero-order valence-electron chi connectivity index (χ0n) is 13.2. The summed E-state index contributed by atoms with van der Waals surface area (Å²) in [6.45, 7) is 1.18. The third-order valence-electron chi connectivity index (χ3n) is 4.65. The van der Waals surface area contributed by atoms with Crippen LogP contribution in [0.2, 0.25) is 0 Å². The Morgan fingerprint density at radius 2 is 1.96 bits per heavy atom.